The fourth-order valence-electron chi connectivity index (χ4n) is 1.12. The van der Waals surface area contributed by atoms with Crippen LogP contribution in [0, 0.1) is 0 Å². The molecule has 0 unspecified atom stereocenters. The quantitative estimate of drug-likeness (QED) is 0.454. The van der Waals surface area contributed by atoms with Crippen molar-refractivity contribution >= 4 is 15.9 Å². The molecule has 0 spiro atoms. The van der Waals surface area contributed by atoms with Gasteiger partial charge in [-0.3, -0.25) is 0 Å². The van der Waals surface area contributed by atoms with E-state index < -0.39 is 0 Å². The predicted octanol–water partition coefficient (Wildman–Crippen LogP) is 2.96. The SMILES string of the molecule is CCOCOc1ccc(OC)cc1CBr. The summed E-state index contributed by atoms with van der Waals surface area (Å²) in [7, 11) is 1.65. The van der Waals surface area contributed by atoms with E-state index in [0.717, 1.165) is 22.4 Å². The van der Waals surface area contributed by atoms with Gasteiger partial charge in [-0.15, -0.1) is 0 Å². The molecule has 0 atom stereocenters. The van der Waals surface area contributed by atoms with Crippen LogP contribution in [0.25, 0.3) is 0 Å². The lowest BCUT2D eigenvalue weighted by molar-refractivity contribution is 0.0219. The Morgan fingerprint density at radius 2 is 2.13 bits per heavy atom. The van der Waals surface area contributed by atoms with Crippen LogP contribution in [0.3, 0.4) is 0 Å². The summed E-state index contributed by atoms with van der Waals surface area (Å²) in [4.78, 5) is 0. The second kappa shape index (κ2) is 6.69. The molecule has 0 saturated carbocycles. The van der Waals surface area contributed by atoms with E-state index in [1.165, 1.54) is 0 Å². The second-order valence-corrected chi connectivity index (χ2v) is 3.42. The Bertz CT molecular complexity index is 302. The number of hydrogen-bond donors (Lipinski definition) is 0. The minimum atomic E-state index is 0.281. The molecular formula is C11H15BrO3. The Balaban J connectivity index is 2.69. The molecule has 0 saturated heterocycles. The highest BCUT2D eigenvalue weighted by atomic mass is 79.9. The molecule has 0 aromatic heterocycles. The lowest BCUT2D eigenvalue weighted by Crippen LogP contribution is -2.03. The van der Waals surface area contributed by atoms with E-state index in [4.69, 9.17) is 14.2 Å². The molecule has 0 bridgehead atoms. The molecule has 0 aliphatic carbocycles. The van der Waals surface area contributed by atoms with E-state index in [1.807, 2.05) is 25.1 Å². The van der Waals surface area contributed by atoms with E-state index >= 15 is 0 Å². The van der Waals surface area contributed by atoms with Gasteiger partial charge >= 0.3 is 0 Å². The average molecular weight is 275 g/mol. The van der Waals surface area contributed by atoms with Gasteiger partial charge in [0.25, 0.3) is 0 Å². The number of halogens is 1. The highest BCUT2D eigenvalue weighted by Gasteiger charge is 2.04. The minimum Gasteiger partial charge on any atom is -0.497 e. The zero-order valence-electron chi connectivity index (χ0n) is 8.96. The number of benzene rings is 1. The van der Waals surface area contributed by atoms with Gasteiger partial charge in [-0.25, -0.2) is 0 Å². The Hall–Kier alpha value is -0.740. The minimum absolute atomic E-state index is 0.281. The summed E-state index contributed by atoms with van der Waals surface area (Å²) < 4.78 is 15.7. The van der Waals surface area contributed by atoms with Gasteiger partial charge in [0, 0.05) is 17.5 Å². The molecule has 0 amide bonds. The summed E-state index contributed by atoms with van der Waals surface area (Å²) in [6, 6.07) is 5.69. The van der Waals surface area contributed by atoms with Crippen molar-refractivity contribution in [3.05, 3.63) is 23.8 Å². The maximum Gasteiger partial charge on any atom is 0.189 e. The second-order valence-electron chi connectivity index (χ2n) is 2.86. The lowest BCUT2D eigenvalue weighted by atomic mass is 10.2. The highest BCUT2D eigenvalue weighted by Crippen LogP contribution is 2.26. The molecule has 0 aliphatic heterocycles. The molecule has 0 N–H and O–H groups in total. The van der Waals surface area contributed by atoms with Gasteiger partial charge in [0.15, 0.2) is 6.79 Å². The first-order valence-corrected chi connectivity index (χ1v) is 5.87. The van der Waals surface area contributed by atoms with Crippen molar-refractivity contribution in [3.8, 4) is 11.5 Å². The molecule has 0 radical (unpaired) electrons. The standard InChI is InChI=1S/C11H15BrO3/c1-3-14-8-15-11-5-4-10(13-2)6-9(11)7-12/h4-6H,3,7-8H2,1-2H3. The van der Waals surface area contributed by atoms with Crippen molar-refractivity contribution in [1.29, 1.82) is 0 Å². The van der Waals surface area contributed by atoms with Gasteiger partial charge in [-0.05, 0) is 25.1 Å². The third kappa shape index (κ3) is 3.72. The fraction of sp³-hybridized carbons (Fsp3) is 0.455. The smallest absolute Gasteiger partial charge is 0.189 e. The maximum atomic E-state index is 5.46. The number of hydrogen-bond acceptors (Lipinski definition) is 3. The van der Waals surface area contributed by atoms with E-state index in [-0.39, 0.29) is 6.79 Å². The molecule has 0 heterocycles. The number of methoxy groups -OCH3 is 1. The number of alkyl halides is 1. The largest absolute Gasteiger partial charge is 0.497 e. The first-order chi connectivity index (χ1) is 7.31. The Morgan fingerprint density at radius 1 is 1.33 bits per heavy atom. The average Bonchev–Trinajstić information content (AvgIpc) is 2.29. The number of rotatable bonds is 6. The highest BCUT2D eigenvalue weighted by molar-refractivity contribution is 9.08. The molecule has 15 heavy (non-hydrogen) atoms. The summed E-state index contributed by atoms with van der Waals surface area (Å²) in [5, 5.41) is 0.728. The normalized spacial score (nSPS) is 10.1. The molecule has 0 aliphatic rings. The van der Waals surface area contributed by atoms with Gasteiger partial charge < -0.3 is 14.2 Å². The zero-order valence-corrected chi connectivity index (χ0v) is 10.5. The van der Waals surface area contributed by atoms with Crippen LogP contribution < -0.4 is 9.47 Å². The van der Waals surface area contributed by atoms with Crippen molar-refractivity contribution in [2.24, 2.45) is 0 Å². The summed E-state index contributed by atoms with van der Waals surface area (Å²) in [5.74, 6) is 1.65. The topological polar surface area (TPSA) is 27.7 Å². The van der Waals surface area contributed by atoms with Crippen LogP contribution in [-0.2, 0) is 10.1 Å². The van der Waals surface area contributed by atoms with Crippen LogP contribution in [0.1, 0.15) is 12.5 Å². The Morgan fingerprint density at radius 3 is 2.73 bits per heavy atom. The van der Waals surface area contributed by atoms with E-state index in [2.05, 4.69) is 15.9 Å². The van der Waals surface area contributed by atoms with Crippen molar-refractivity contribution < 1.29 is 14.2 Å². The Kier molecular flexibility index (Phi) is 5.50. The predicted molar refractivity (Wildman–Crippen MR) is 62.7 cm³/mol. The van der Waals surface area contributed by atoms with Crippen LogP contribution in [0.5, 0.6) is 11.5 Å². The molecular weight excluding hydrogens is 260 g/mol. The van der Waals surface area contributed by atoms with Crippen molar-refractivity contribution in [1.82, 2.24) is 0 Å². The van der Waals surface area contributed by atoms with Crippen molar-refractivity contribution in [2.75, 3.05) is 20.5 Å². The maximum absolute atomic E-state index is 5.46. The van der Waals surface area contributed by atoms with Gasteiger partial charge in [0.2, 0.25) is 0 Å². The third-order valence-electron chi connectivity index (χ3n) is 1.91. The van der Waals surface area contributed by atoms with E-state index in [1.54, 1.807) is 7.11 Å². The van der Waals surface area contributed by atoms with Gasteiger partial charge in [0.1, 0.15) is 11.5 Å². The molecule has 84 valence electrons. The molecule has 1 rings (SSSR count). The first kappa shape index (κ1) is 12.3. The molecule has 4 heteroatoms. The van der Waals surface area contributed by atoms with Gasteiger partial charge in [-0.1, -0.05) is 15.9 Å². The summed E-state index contributed by atoms with van der Waals surface area (Å²) in [6.45, 7) is 2.87. The van der Waals surface area contributed by atoms with Crippen LogP contribution in [0.2, 0.25) is 0 Å². The van der Waals surface area contributed by atoms with E-state index in [9.17, 15) is 0 Å². The van der Waals surface area contributed by atoms with Gasteiger partial charge in [-0.2, -0.15) is 0 Å². The van der Waals surface area contributed by atoms with Crippen LogP contribution >= 0.6 is 15.9 Å². The van der Waals surface area contributed by atoms with Crippen molar-refractivity contribution in [3.63, 3.8) is 0 Å². The monoisotopic (exact) mass is 274 g/mol. The lowest BCUT2D eigenvalue weighted by Gasteiger charge is -2.10. The first-order valence-electron chi connectivity index (χ1n) is 4.75. The van der Waals surface area contributed by atoms with Crippen LogP contribution in [-0.4, -0.2) is 20.5 Å². The third-order valence-corrected chi connectivity index (χ3v) is 2.52. The molecule has 0 fully saturated rings. The van der Waals surface area contributed by atoms with Crippen molar-refractivity contribution in [2.45, 2.75) is 12.3 Å². The fourth-order valence-corrected chi connectivity index (χ4v) is 1.55. The number of ether oxygens (including phenoxy) is 3. The van der Waals surface area contributed by atoms with E-state index in [0.29, 0.717) is 6.61 Å². The molecule has 1 aromatic rings. The van der Waals surface area contributed by atoms with Crippen LogP contribution in [0.4, 0.5) is 0 Å². The zero-order chi connectivity index (χ0) is 11.1. The summed E-state index contributed by atoms with van der Waals surface area (Å²) in [6.07, 6.45) is 0. The summed E-state index contributed by atoms with van der Waals surface area (Å²) >= 11 is 3.40. The summed E-state index contributed by atoms with van der Waals surface area (Å²) in [5.41, 5.74) is 1.05. The Labute approximate surface area is 98.5 Å². The van der Waals surface area contributed by atoms with Gasteiger partial charge in [0.05, 0.1) is 7.11 Å². The molecule has 1 aromatic carbocycles. The van der Waals surface area contributed by atoms with Crippen LogP contribution in [0.15, 0.2) is 18.2 Å². The molecule has 3 nitrogen and oxygen atoms in total.